The van der Waals surface area contributed by atoms with Crippen LogP contribution in [0, 0.1) is 5.92 Å². The Bertz CT molecular complexity index is 771. The minimum Gasteiger partial charge on any atom is -0.467 e. The van der Waals surface area contributed by atoms with Crippen molar-refractivity contribution in [1.29, 1.82) is 0 Å². The lowest BCUT2D eigenvalue weighted by molar-refractivity contribution is -0.145. The van der Waals surface area contributed by atoms with Crippen molar-refractivity contribution in [2.45, 2.75) is 26.3 Å². The molecule has 0 fully saturated rings. The molecule has 0 aliphatic carbocycles. The van der Waals surface area contributed by atoms with Gasteiger partial charge in [0.25, 0.3) is 5.91 Å². The van der Waals surface area contributed by atoms with E-state index in [9.17, 15) is 14.4 Å². The monoisotopic (exact) mass is 364 g/mol. The molecule has 0 spiro atoms. The van der Waals surface area contributed by atoms with Crippen LogP contribution in [0.15, 0.2) is 23.7 Å². The fraction of sp³-hybridized carbons (Fsp3) is 0.412. The zero-order chi connectivity index (χ0) is 18.4. The smallest absolute Gasteiger partial charge is 0.338 e. The van der Waals surface area contributed by atoms with Crippen LogP contribution in [-0.4, -0.2) is 42.6 Å². The van der Waals surface area contributed by atoms with Gasteiger partial charge in [0.05, 0.1) is 28.4 Å². The van der Waals surface area contributed by atoms with Gasteiger partial charge in [-0.05, 0) is 30.5 Å². The summed E-state index contributed by atoms with van der Waals surface area (Å²) in [5.41, 5.74) is 2.83. The molecule has 7 nitrogen and oxygen atoms in total. The first kappa shape index (κ1) is 18.9. The van der Waals surface area contributed by atoms with Gasteiger partial charge in [0.15, 0.2) is 6.61 Å². The van der Waals surface area contributed by atoms with E-state index in [2.05, 4.69) is 15.0 Å². The van der Waals surface area contributed by atoms with Crippen LogP contribution in [0.3, 0.4) is 0 Å². The molecule has 1 amide bonds. The van der Waals surface area contributed by atoms with Gasteiger partial charge in [0.1, 0.15) is 6.04 Å². The van der Waals surface area contributed by atoms with Gasteiger partial charge in [0.2, 0.25) is 0 Å². The van der Waals surface area contributed by atoms with Crippen molar-refractivity contribution in [1.82, 2.24) is 10.3 Å². The molecule has 25 heavy (non-hydrogen) atoms. The molecule has 1 aromatic carbocycles. The highest BCUT2D eigenvalue weighted by molar-refractivity contribution is 7.16. The maximum Gasteiger partial charge on any atom is 0.338 e. The van der Waals surface area contributed by atoms with E-state index in [0.717, 1.165) is 10.2 Å². The summed E-state index contributed by atoms with van der Waals surface area (Å²) < 4.78 is 10.6. The lowest BCUT2D eigenvalue weighted by Crippen LogP contribution is -2.44. The minimum absolute atomic E-state index is 0.193. The van der Waals surface area contributed by atoms with Crippen LogP contribution >= 0.6 is 11.3 Å². The third-order valence-corrected chi connectivity index (χ3v) is 4.22. The lowest BCUT2D eigenvalue weighted by Gasteiger charge is -2.18. The Kier molecular flexibility index (Phi) is 6.46. The number of esters is 2. The number of hydrogen-bond acceptors (Lipinski definition) is 7. The highest BCUT2D eigenvalue weighted by atomic mass is 32.1. The second-order valence-electron chi connectivity index (χ2n) is 5.88. The van der Waals surface area contributed by atoms with Crippen molar-refractivity contribution < 1.29 is 23.9 Å². The minimum atomic E-state index is -0.759. The van der Waals surface area contributed by atoms with E-state index in [4.69, 9.17) is 4.74 Å². The standard InChI is InChI=1S/C17H20N2O5S/c1-10(2)6-13(17(22)23-3)19-15(20)8-24-16(21)11-4-5-12-14(7-11)25-9-18-12/h4-5,7,9-10,13H,6,8H2,1-3H3,(H,19,20)/t13-/m1/s1. The largest absolute Gasteiger partial charge is 0.467 e. The zero-order valence-electron chi connectivity index (χ0n) is 14.3. The number of carbonyl (C=O) groups is 3. The summed E-state index contributed by atoms with van der Waals surface area (Å²) in [5, 5.41) is 2.53. The molecule has 1 N–H and O–H groups in total. The second-order valence-corrected chi connectivity index (χ2v) is 6.77. The molecule has 2 rings (SSSR count). The van der Waals surface area contributed by atoms with Gasteiger partial charge < -0.3 is 14.8 Å². The molecule has 8 heteroatoms. The van der Waals surface area contributed by atoms with E-state index in [1.807, 2.05) is 13.8 Å². The topological polar surface area (TPSA) is 94.6 Å². The summed E-state index contributed by atoms with van der Waals surface area (Å²) in [6.45, 7) is 3.39. The molecule has 0 aliphatic heterocycles. The van der Waals surface area contributed by atoms with Crippen LogP contribution in [0.2, 0.25) is 0 Å². The van der Waals surface area contributed by atoms with Crippen LogP contribution < -0.4 is 5.32 Å². The fourth-order valence-electron chi connectivity index (χ4n) is 2.26. The SMILES string of the molecule is COC(=O)[C@@H](CC(C)C)NC(=O)COC(=O)c1ccc2ncsc2c1. The van der Waals surface area contributed by atoms with Gasteiger partial charge in [-0.2, -0.15) is 0 Å². The Hall–Kier alpha value is -2.48. The summed E-state index contributed by atoms with van der Waals surface area (Å²) in [5.74, 6) is -1.49. The molecule has 134 valence electrons. The molecule has 2 aromatic rings. The first-order chi connectivity index (χ1) is 11.9. The molecule has 1 atom stereocenters. The quantitative estimate of drug-likeness (QED) is 0.757. The molecule has 0 saturated heterocycles. The third kappa shape index (κ3) is 5.25. The first-order valence-electron chi connectivity index (χ1n) is 7.78. The number of fused-ring (bicyclic) bond motifs is 1. The van der Waals surface area contributed by atoms with Crippen molar-refractivity contribution in [2.75, 3.05) is 13.7 Å². The number of amides is 1. The molecule has 1 aromatic heterocycles. The van der Waals surface area contributed by atoms with Crippen molar-refractivity contribution in [2.24, 2.45) is 5.92 Å². The van der Waals surface area contributed by atoms with Crippen LogP contribution in [0.4, 0.5) is 0 Å². The van der Waals surface area contributed by atoms with Crippen molar-refractivity contribution >= 4 is 39.4 Å². The van der Waals surface area contributed by atoms with Crippen LogP contribution in [0.25, 0.3) is 10.2 Å². The van der Waals surface area contributed by atoms with Gasteiger partial charge in [0, 0.05) is 0 Å². The summed E-state index contributed by atoms with van der Waals surface area (Å²) >= 11 is 1.41. The number of carbonyl (C=O) groups excluding carboxylic acids is 3. The predicted molar refractivity (Wildman–Crippen MR) is 93.3 cm³/mol. The van der Waals surface area contributed by atoms with Gasteiger partial charge in [-0.3, -0.25) is 4.79 Å². The Labute approximate surface area is 149 Å². The van der Waals surface area contributed by atoms with E-state index < -0.39 is 30.5 Å². The summed E-state index contributed by atoms with van der Waals surface area (Å²) in [6, 6.07) is 4.23. The first-order valence-corrected chi connectivity index (χ1v) is 8.66. The molecule has 0 unspecified atom stereocenters. The maximum atomic E-state index is 12.1. The van der Waals surface area contributed by atoms with Gasteiger partial charge in [-0.25, -0.2) is 14.6 Å². The third-order valence-electron chi connectivity index (χ3n) is 3.43. The van der Waals surface area contributed by atoms with Gasteiger partial charge >= 0.3 is 11.9 Å². The zero-order valence-corrected chi connectivity index (χ0v) is 15.1. The average Bonchev–Trinajstić information content (AvgIpc) is 3.05. The lowest BCUT2D eigenvalue weighted by atomic mass is 10.0. The molecule has 0 radical (unpaired) electrons. The van der Waals surface area contributed by atoms with Crippen LogP contribution in [0.5, 0.6) is 0 Å². The highest BCUT2D eigenvalue weighted by Gasteiger charge is 2.23. The van der Waals surface area contributed by atoms with Crippen LogP contribution in [0.1, 0.15) is 30.6 Å². The number of nitrogens with zero attached hydrogens (tertiary/aromatic N) is 1. The van der Waals surface area contributed by atoms with Gasteiger partial charge in [-0.15, -0.1) is 11.3 Å². The molecule has 0 saturated carbocycles. The number of aromatic nitrogens is 1. The average molecular weight is 364 g/mol. The van der Waals surface area contributed by atoms with E-state index in [0.29, 0.717) is 12.0 Å². The number of rotatable bonds is 7. The molecule has 0 bridgehead atoms. The molecule has 1 heterocycles. The number of ether oxygens (including phenoxy) is 2. The summed E-state index contributed by atoms with van der Waals surface area (Å²) in [7, 11) is 1.26. The second kappa shape index (κ2) is 8.57. The number of hydrogen-bond donors (Lipinski definition) is 1. The normalized spacial score (nSPS) is 12.0. The highest BCUT2D eigenvalue weighted by Crippen LogP contribution is 2.19. The summed E-state index contributed by atoms with van der Waals surface area (Å²) in [6.07, 6.45) is 0.439. The predicted octanol–water partition coefficient (Wildman–Crippen LogP) is 2.16. The van der Waals surface area contributed by atoms with E-state index in [-0.39, 0.29) is 5.92 Å². The number of methoxy groups -OCH3 is 1. The van der Waals surface area contributed by atoms with Crippen molar-refractivity contribution in [3.63, 3.8) is 0 Å². The van der Waals surface area contributed by atoms with Gasteiger partial charge in [-0.1, -0.05) is 13.8 Å². The van der Waals surface area contributed by atoms with E-state index in [1.165, 1.54) is 18.4 Å². The number of nitrogens with one attached hydrogen (secondary N) is 1. The molecular weight excluding hydrogens is 344 g/mol. The van der Waals surface area contributed by atoms with Crippen molar-refractivity contribution in [3.05, 3.63) is 29.3 Å². The fourth-order valence-corrected chi connectivity index (χ4v) is 2.98. The Morgan fingerprint density at radius 2 is 2.04 bits per heavy atom. The van der Waals surface area contributed by atoms with E-state index in [1.54, 1.807) is 23.7 Å². The molecular formula is C17H20N2O5S. The Morgan fingerprint density at radius 3 is 2.72 bits per heavy atom. The number of benzene rings is 1. The van der Waals surface area contributed by atoms with E-state index >= 15 is 0 Å². The maximum absolute atomic E-state index is 12.1. The van der Waals surface area contributed by atoms with Crippen LogP contribution in [-0.2, 0) is 19.1 Å². The molecule has 0 aliphatic rings. The number of thiazole rings is 1. The summed E-state index contributed by atoms with van der Waals surface area (Å²) in [4.78, 5) is 39.8. The Morgan fingerprint density at radius 1 is 1.28 bits per heavy atom. The van der Waals surface area contributed by atoms with Crippen molar-refractivity contribution in [3.8, 4) is 0 Å². The Balaban J connectivity index is 1.91.